The van der Waals surface area contributed by atoms with Crippen molar-refractivity contribution in [3.05, 3.63) is 11.6 Å². The lowest BCUT2D eigenvalue weighted by molar-refractivity contribution is -0.168. The summed E-state index contributed by atoms with van der Waals surface area (Å²) in [6, 6.07) is 0. The molecular weight excluding hydrogens is 464 g/mol. The van der Waals surface area contributed by atoms with Crippen molar-refractivity contribution >= 4 is 11.9 Å². The van der Waals surface area contributed by atoms with Gasteiger partial charge in [0.2, 0.25) is 0 Å². The lowest BCUT2D eigenvalue weighted by Gasteiger charge is -2.59. The zero-order chi connectivity index (χ0) is 27.3. The molecule has 1 N–H and O–H groups in total. The number of hydrogen-bond donors (Lipinski definition) is 1. The zero-order valence-electron chi connectivity index (χ0n) is 24.6. The molecule has 0 bridgehead atoms. The van der Waals surface area contributed by atoms with Gasteiger partial charge in [-0.3, -0.25) is 9.59 Å². The molecule has 5 heteroatoms. The summed E-state index contributed by atoms with van der Waals surface area (Å²) in [7, 11) is 0. The van der Waals surface area contributed by atoms with Gasteiger partial charge in [-0.15, -0.1) is 0 Å². The van der Waals surface area contributed by atoms with Gasteiger partial charge in [0.1, 0.15) is 12.2 Å². The first-order valence-electron chi connectivity index (χ1n) is 15.0. The Morgan fingerprint density at radius 2 is 1.73 bits per heavy atom. The maximum absolute atomic E-state index is 12.2. The predicted octanol–water partition coefficient (Wildman–Crippen LogP) is 6.86. The van der Waals surface area contributed by atoms with Crippen LogP contribution in [0.5, 0.6) is 0 Å². The number of carbonyl (C=O) groups is 2. The Morgan fingerprint density at radius 1 is 1.05 bits per heavy atom. The molecule has 0 aromatic carbocycles. The highest BCUT2D eigenvalue weighted by molar-refractivity contribution is 5.66. The van der Waals surface area contributed by atoms with E-state index in [-0.39, 0.29) is 46.8 Å². The topological polar surface area (TPSA) is 72.8 Å². The highest BCUT2D eigenvalue weighted by Crippen LogP contribution is 2.67. The monoisotopic (exact) mass is 516 g/mol. The zero-order valence-corrected chi connectivity index (χ0v) is 24.6. The van der Waals surface area contributed by atoms with Crippen molar-refractivity contribution in [2.75, 3.05) is 0 Å². The van der Waals surface area contributed by atoms with Crippen molar-refractivity contribution in [2.24, 2.45) is 46.3 Å². The van der Waals surface area contributed by atoms with Crippen molar-refractivity contribution in [3.63, 3.8) is 0 Å². The Kier molecular flexibility index (Phi) is 7.99. The Balaban J connectivity index is 1.61. The second-order valence-electron chi connectivity index (χ2n) is 14.2. The van der Waals surface area contributed by atoms with E-state index in [2.05, 4.69) is 47.6 Å². The fourth-order valence-electron chi connectivity index (χ4n) is 9.24. The minimum absolute atomic E-state index is 0.0473. The predicted molar refractivity (Wildman–Crippen MR) is 146 cm³/mol. The highest BCUT2D eigenvalue weighted by Gasteiger charge is 2.62. The van der Waals surface area contributed by atoms with Gasteiger partial charge >= 0.3 is 11.9 Å². The number of carbonyl (C=O) groups excluding carboxylic acids is 2. The summed E-state index contributed by atoms with van der Waals surface area (Å²) < 4.78 is 11.7. The molecule has 4 aliphatic rings. The first-order chi connectivity index (χ1) is 17.2. The molecule has 37 heavy (non-hydrogen) atoms. The summed E-state index contributed by atoms with van der Waals surface area (Å²) in [5, 5.41) is 11.8. The molecule has 4 aliphatic carbocycles. The van der Waals surface area contributed by atoms with Gasteiger partial charge in [0, 0.05) is 19.8 Å². The van der Waals surface area contributed by atoms with Gasteiger partial charge in [-0.2, -0.15) is 0 Å². The third-order valence-electron chi connectivity index (χ3n) is 11.6. The SMILES string of the molecule is CC(=O)O[C@H]1CC[C@]2(C)C3=CC[C@@]4(C)[C@@H](CC[C@@H]4[C@](C)(O)CC[C@H](C)C(C)C)[C@@H]3C[C@H](OC(C)=O)[C@H]2C1. The normalized spacial score (nSPS) is 41.5. The van der Waals surface area contributed by atoms with Crippen molar-refractivity contribution in [3.8, 4) is 0 Å². The highest BCUT2D eigenvalue weighted by atomic mass is 16.5. The Morgan fingerprint density at radius 3 is 2.35 bits per heavy atom. The van der Waals surface area contributed by atoms with Crippen LogP contribution in [0.25, 0.3) is 0 Å². The van der Waals surface area contributed by atoms with Crippen LogP contribution in [0.3, 0.4) is 0 Å². The number of ether oxygens (including phenoxy) is 2. The van der Waals surface area contributed by atoms with Crippen LogP contribution >= 0.6 is 0 Å². The molecule has 0 aliphatic heterocycles. The van der Waals surface area contributed by atoms with Crippen molar-refractivity contribution < 1.29 is 24.2 Å². The number of esters is 2. The summed E-state index contributed by atoms with van der Waals surface area (Å²) in [6.07, 6.45) is 10.8. The van der Waals surface area contributed by atoms with Gasteiger partial charge in [-0.05, 0) is 105 Å². The van der Waals surface area contributed by atoms with E-state index >= 15 is 0 Å². The third-order valence-corrected chi connectivity index (χ3v) is 11.6. The van der Waals surface area contributed by atoms with E-state index in [0.717, 1.165) is 57.8 Å². The Bertz CT molecular complexity index is 905. The van der Waals surface area contributed by atoms with Crippen LogP contribution in [-0.4, -0.2) is 34.9 Å². The maximum Gasteiger partial charge on any atom is 0.302 e. The van der Waals surface area contributed by atoms with Crippen molar-refractivity contribution in [2.45, 2.75) is 131 Å². The summed E-state index contributed by atoms with van der Waals surface area (Å²) >= 11 is 0. The van der Waals surface area contributed by atoms with E-state index in [1.165, 1.54) is 13.8 Å². The first kappa shape index (κ1) is 28.6. The van der Waals surface area contributed by atoms with E-state index in [0.29, 0.717) is 23.7 Å². The smallest absolute Gasteiger partial charge is 0.302 e. The molecule has 5 nitrogen and oxygen atoms in total. The molecule has 0 spiro atoms. The van der Waals surface area contributed by atoms with E-state index in [1.54, 1.807) is 5.57 Å². The maximum atomic E-state index is 12.2. The van der Waals surface area contributed by atoms with Crippen LogP contribution in [0.2, 0.25) is 0 Å². The van der Waals surface area contributed by atoms with Crippen LogP contribution in [0, 0.1) is 46.3 Å². The number of fused-ring (bicyclic) bond motifs is 5. The van der Waals surface area contributed by atoms with E-state index in [1.807, 2.05) is 0 Å². The molecule has 3 saturated carbocycles. The molecule has 210 valence electrons. The molecule has 0 radical (unpaired) electrons. The molecular formula is C32H52O5. The average molecular weight is 517 g/mol. The molecule has 10 atom stereocenters. The minimum atomic E-state index is -0.670. The van der Waals surface area contributed by atoms with E-state index in [9.17, 15) is 14.7 Å². The largest absolute Gasteiger partial charge is 0.463 e. The molecule has 4 rings (SSSR count). The molecule has 0 aromatic heterocycles. The number of rotatable bonds is 7. The summed E-state index contributed by atoms with van der Waals surface area (Å²) in [6.45, 7) is 16.7. The number of allylic oxidation sites excluding steroid dienone is 2. The van der Waals surface area contributed by atoms with Crippen molar-refractivity contribution in [1.29, 1.82) is 0 Å². The summed E-state index contributed by atoms with van der Waals surface area (Å²) in [5.74, 6) is 2.10. The average Bonchev–Trinajstić information content (AvgIpc) is 3.16. The number of hydrogen-bond acceptors (Lipinski definition) is 5. The quantitative estimate of drug-likeness (QED) is 0.295. The fraction of sp³-hybridized carbons (Fsp3) is 0.875. The van der Waals surface area contributed by atoms with Crippen LogP contribution < -0.4 is 0 Å². The fourth-order valence-corrected chi connectivity index (χ4v) is 9.24. The summed E-state index contributed by atoms with van der Waals surface area (Å²) in [4.78, 5) is 23.9. The van der Waals surface area contributed by atoms with Crippen LogP contribution in [-0.2, 0) is 19.1 Å². The van der Waals surface area contributed by atoms with Gasteiger partial charge in [0.25, 0.3) is 0 Å². The van der Waals surface area contributed by atoms with Crippen LogP contribution in [0.4, 0.5) is 0 Å². The second kappa shape index (κ2) is 10.3. The Labute approximate surface area is 225 Å². The first-order valence-corrected chi connectivity index (χ1v) is 15.0. The van der Waals surface area contributed by atoms with Crippen molar-refractivity contribution in [1.82, 2.24) is 0 Å². The lowest BCUT2D eigenvalue weighted by Crippen LogP contribution is -2.55. The third kappa shape index (κ3) is 5.28. The van der Waals surface area contributed by atoms with Gasteiger partial charge in [0.05, 0.1) is 5.60 Å². The molecule has 0 saturated heterocycles. The lowest BCUT2D eigenvalue weighted by atomic mass is 9.47. The number of aliphatic hydroxyl groups is 1. The molecule has 0 unspecified atom stereocenters. The van der Waals surface area contributed by atoms with Crippen LogP contribution in [0.1, 0.15) is 113 Å². The molecule has 0 aromatic rings. The van der Waals surface area contributed by atoms with Crippen LogP contribution in [0.15, 0.2) is 11.6 Å². The van der Waals surface area contributed by atoms with Gasteiger partial charge in [0.15, 0.2) is 0 Å². The second-order valence-corrected chi connectivity index (χ2v) is 14.2. The van der Waals surface area contributed by atoms with E-state index < -0.39 is 5.60 Å². The summed E-state index contributed by atoms with van der Waals surface area (Å²) in [5.41, 5.74) is 0.890. The van der Waals surface area contributed by atoms with Gasteiger partial charge in [-0.25, -0.2) is 0 Å². The minimum Gasteiger partial charge on any atom is -0.463 e. The van der Waals surface area contributed by atoms with Gasteiger partial charge in [-0.1, -0.05) is 46.3 Å². The molecule has 0 heterocycles. The standard InChI is InChI=1S/C32H52O5/c1-19(2)20(3)11-16-32(8,35)29-10-9-25-24-18-28(37-22(5)34)27-17-23(36-21(4)33)12-14-30(27,6)26(24)13-15-31(25,29)7/h13,19-20,23-25,27-29,35H,9-12,14-18H2,1-8H3/t20-,23-,24-,25-,27+,28-,29-,30+,31-,32+/m0/s1. The Hall–Kier alpha value is -1.36. The van der Waals surface area contributed by atoms with Gasteiger partial charge < -0.3 is 14.6 Å². The molecule has 3 fully saturated rings. The molecule has 0 amide bonds. The van der Waals surface area contributed by atoms with E-state index in [4.69, 9.17) is 9.47 Å².